The number of aromatic carboxylic acids is 1. The Hall–Kier alpha value is -4.19. The molecule has 0 saturated heterocycles. The third-order valence-electron chi connectivity index (χ3n) is 4.05. The van der Waals surface area contributed by atoms with Gasteiger partial charge in [0.05, 0.1) is 11.3 Å². The summed E-state index contributed by atoms with van der Waals surface area (Å²) in [4.78, 5) is 36.8. The second-order valence-corrected chi connectivity index (χ2v) is 6.09. The number of nitrogens with one attached hydrogen (secondary N) is 2. The second-order valence-electron chi connectivity index (χ2n) is 6.09. The van der Waals surface area contributed by atoms with E-state index in [1.807, 2.05) is 6.07 Å². The number of carboxylic acid groups (broad SMARTS) is 1. The van der Waals surface area contributed by atoms with Crippen molar-refractivity contribution in [3.8, 4) is 0 Å². The first kappa shape index (κ1) is 19.6. The Morgan fingerprint density at radius 2 is 1.34 bits per heavy atom. The Bertz CT molecular complexity index is 1060. The number of hydrogen-bond donors (Lipinski definition) is 3. The summed E-state index contributed by atoms with van der Waals surface area (Å²) in [6.07, 6.45) is 1.53. The maximum Gasteiger partial charge on any atom is 0.337 e. The van der Waals surface area contributed by atoms with Crippen LogP contribution in [0.3, 0.4) is 0 Å². The zero-order chi connectivity index (χ0) is 20.6. The van der Waals surface area contributed by atoms with Crippen LogP contribution >= 0.6 is 0 Å². The van der Waals surface area contributed by atoms with Crippen molar-refractivity contribution in [3.63, 3.8) is 0 Å². The summed E-state index contributed by atoms with van der Waals surface area (Å²) in [5, 5.41) is 14.5. The first-order valence-electron chi connectivity index (χ1n) is 8.81. The normalized spacial score (nSPS) is 10.8. The molecule has 3 rings (SSSR count). The van der Waals surface area contributed by atoms with Gasteiger partial charge in [-0.1, -0.05) is 60.7 Å². The molecular formula is C23H18N2O4. The first-order valence-corrected chi connectivity index (χ1v) is 8.81. The van der Waals surface area contributed by atoms with Gasteiger partial charge in [0.15, 0.2) is 0 Å². The second kappa shape index (κ2) is 9.14. The highest BCUT2D eigenvalue weighted by atomic mass is 16.4. The van der Waals surface area contributed by atoms with Crippen LogP contribution in [0.5, 0.6) is 0 Å². The van der Waals surface area contributed by atoms with Crippen molar-refractivity contribution < 1.29 is 19.5 Å². The van der Waals surface area contributed by atoms with Gasteiger partial charge in [0.25, 0.3) is 11.8 Å². The fourth-order valence-corrected chi connectivity index (χ4v) is 2.63. The molecule has 0 unspecified atom stereocenters. The molecule has 0 saturated carbocycles. The molecular weight excluding hydrogens is 368 g/mol. The van der Waals surface area contributed by atoms with E-state index in [1.54, 1.807) is 66.7 Å². The molecule has 6 heteroatoms. The van der Waals surface area contributed by atoms with Crippen molar-refractivity contribution in [3.05, 3.63) is 107 Å². The number of carbonyl (C=O) groups excluding carboxylic acids is 2. The van der Waals surface area contributed by atoms with Gasteiger partial charge in [-0.2, -0.15) is 0 Å². The van der Waals surface area contributed by atoms with Crippen LogP contribution in [0.4, 0.5) is 5.69 Å². The van der Waals surface area contributed by atoms with E-state index in [0.717, 1.165) is 0 Å². The molecule has 29 heavy (non-hydrogen) atoms. The average molecular weight is 386 g/mol. The SMILES string of the molecule is O=C(Nc1ccccc1C(=O)O)/C(=C\c1ccccc1)NC(=O)c1ccccc1. The molecule has 0 bridgehead atoms. The standard InChI is InChI=1S/C23H18N2O4/c26-21(17-11-5-2-6-12-17)25-20(15-16-9-3-1-4-10-16)22(27)24-19-14-8-7-13-18(19)23(28)29/h1-15H,(H,24,27)(H,25,26)(H,28,29)/b20-15+. The van der Waals surface area contributed by atoms with Crippen molar-refractivity contribution in [2.24, 2.45) is 0 Å². The number of carboxylic acids is 1. The molecule has 0 spiro atoms. The molecule has 3 N–H and O–H groups in total. The van der Waals surface area contributed by atoms with Crippen molar-refractivity contribution >= 4 is 29.5 Å². The maximum atomic E-state index is 12.9. The van der Waals surface area contributed by atoms with Crippen molar-refractivity contribution in [1.29, 1.82) is 0 Å². The summed E-state index contributed by atoms with van der Waals surface area (Å²) in [5.41, 5.74) is 1.18. The van der Waals surface area contributed by atoms with Crippen LogP contribution in [0, 0.1) is 0 Å². The van der Waals surface area contributed by atoms with E-state index >= 15 is 0 Å². The van der Waals surface area contributed by atoms with E-state index < -0.39 is 17.8 Å². The molecule has 0 aliphatic rings. The van der Waals surface area contributed by atoms with E-state index in [-0.39, 0.29) is 16.9 Å². The van der Waals surface area contributed by atoms with Crippen LogP contribution in [0.1, 0.15) is 26.3 Å². The van der Waals surface area contributed by atoms with E-state index in [0.29, 0.717) is 11.1 Å². The molecule has 144 valence electrons. The molecule has 3 aromatic rings. The Labute approximate surface area is 167 Å². The summed E-state index contributed by atoms with van der Waals surface area (Å²) < 4.78 is 0. The quantitative estimate of drug-likeness (QED) is 0.562. The van der Waals surface area contributed by atoms with Crippen LogP contribution in [0.2, 0.25) is 0 Å². The predicted molar refractivity (Wildman–Crippen MR) is 110 cm³/mol. The topological polar surface area (TPSA) is 95.5 Å². The molecule has 0 aliphatic carbocycles. The number of amides is 2. The number of rotatable bonds is 6. The molecule has 0 atom stereocenters. The van der Waals surface area contributed by atoms with Gasteiger partial charge in [-0.15, -0.1) is 0 Å². The fourth-order valence-electron chi connectivity index (χ4n) is 2.63. The van der Waals surface area contributed by atoms with Gasteiger partial charge in [0, 0.05) is 5.56 Å². The Kier molecular flexibility index (Phi) is 6.17. The molecule has 0 heterocycles. The summed E-state index contributed by atoms with van der Waals surface area (Å²) in [6, 6.07) is 23.6. The Morgan fingerprint density at radius 3 is 2.00 bits per heavy atom. The van der Waals surface area contributed by atoms with E-state index in [9.17, 15) is 19.5 Å². The highest BCUT2D eigenvalue weighted by Gasteiger charge is 2.17. The van der Waals surface area contributed by atoms with Crippen molar-refractivity contribution in [1.82, 2.24) is 5.32 Å². The van der Waals surface area contributed by atoms with E-state index in [2.05, 4.69) is 10.6 Å². The van der Waals surface area contributed by atoms with Crippen LogP contribution < -0.4 is 10.6 Å². The highest BCUT2D eigenvalue weighted by molar-refractivity contribution is 6.12. The minimum Gasteiger partial charge on any atom is -0.478 e. The molecule has 0 aliphatic heterocycles. The van der Waals surface area contributed by atoms with Crippen LogP contribution in [-0.4, -0.2) is 22.9 Å². The summed E-state index contributed by atoms with van der Waals surface area (Å²) in [6.45, 7) is 0. The zero-order valence-corrected chi connectivity index (χ0v) is 15.3. The predicted octanol–water partition coefficient (Wildman–Crippen LogP) is 3.79. The third-order valence-corrected chi connectivity index (χ3v) is 4.05. The largest absolute Gasteiger partial charge is 0.478 e. The molecule has 0 aromatic heterocycles. The van der Waals surface area contributed by atoms with E-state index in [4.69, 9.17) is 0 Å². The minimum absolute atomic E-state index is 0.00903. The van der Waals surface area contributed by atoms with Crippen LogP contribution in [0.25, 0.3) is 6.08 Å². The molecule has 0 fully saturated rings. The lowest BCUT2D eigenvalue weighted by Gasteiger charge is -2.12. The van der Waals surface area contributed by atoms with Crippen molar-refractivity contribution in [2.45, 2.75) is 0 Å². The first-order chi connectivity index (χ1) is 14.0. The van der Waals surface area contributed by atoms with Crippen LogP contribution in [-0.2, 0) is 4.79 Å². The Morgan fingerprint density at radius 1 is 0.759 bits per heavy atom. The molecule has 2 amide bonds. The number of benzene rings is 3. The monoisotopic (exact) mass is 386 g/mol. The summed E-state index contributed by atoms with van der Waals surface area (Å²) >= 11 is 0. The van der Waals surface area contributed by atoms with Gasteiger partial charge in [0.1, 0.15) is 5.70 Å². The smallest absolute Gasteiger partial charge is 0.337 e. The van der Waals surface area contributed by atoms with Gasteiger partial charge in [-0.05, 0) is 35.9 Å². The van der Waals surface area contributed by atoms with Gasteiger partial charge in [0.2, 0.25) is 0 Å². The number of carbonyl (C=O) groups is 3. The zero-order valence-electron chi connectivity index (χ0n) is 15.3. The number of para-hydroxylation sites is 1. The third kappa shape index (κ3) is 5.17. The van der Waals surface area contributed by atoms with Gasteiger partial charge in [-0.25, -0.2) is 4.79 Å². The maximum absolute atomic E-state index is 12.9. The fraction of sp³-hybridized carbons (Fsp3) is 0. The average Bonchev–Trinajstić information content (AvgIpc) is 2.74. The van der Waals surface area contributed by atoms with Gasteiger partial charge < -0.3 is 15.7 Å². The molecule has 6 nitrogen and oxygen atoms in total. The number of anilines is 1. The van der Waals surface area contributed by atoms with Gasteiger partial charge in [-0.3, -0.25) is 9.59 Å². The molecule has 0 radical (unpaired) electrons. The van der Waals surface area contributed by atoms with Crippen molar-refractivity contribution in [2.75, 3.05) is 5.32 Å². The van der Waals surface area contributed by atoms with Crippen LogP contribution in [0.15, 0.2) is 90.6 Å². The molecule has 3 aromatic carbocycles. The highest BCUT2D eigenvalue weighted by Crippen LogP contribution is 2.16. The van der Waals surface area contributed by atoms with Gasteiger partial charge >= 0.3 is 5.97 Å². The minimum atomic E-state index is -1.16. The van der Waals surface area contributed by atoms with E-state index in [1.165, 1.54) is 18.2 Å². The Balaban J connectivity index is 1.91. The lowest BCUT2D eigenvalue weighted by molar-refractivity contribution is -0.113. The summed E-state index contributed by atoms with van der Waals surface area (Å²) in [7, 11) is 0. The summed E-state index contributed by atoms with van der Waals surface area (Å²) in [5.74, 6) is -2.25. The lowest BCUT2D eigenvalue weighted by Crippen LogP contribution is -2.31. The lowest BCUT2D eigenvalue weighted by atomic mass is 10.1. The number of hydrogen-bond acceptors (Lipinski definition) is 3.